The molecule has 2 aromatic heterocycles. The second-order valence-corrected chi connectivity index (χ2v) is 7.53. The number of aliphatic hydroxyl groups is 1. The lowest BCUT2D eigenvalue weighted by atomic mass is 10.0. The molecule has 0 bridgehead atoms. The number of pyridine rings is 1. The Kier molecular flexibility index (Phi) is 5.17. The number of rotatable bonds is 2. The molecule has 1 saturated heterocycles. The van der Waals surface area contributed by atoms with Crippen LogP contribution in [0.1, 0.15) is 18.9 Å². The number of amides is 2. The molecular formula is C22H20BN5O3. The van der Waals surface area contributed by atoms with Gasteiger partial charge in [-0.15, -0.1) is 0 Å². The van der Waals surface area contributed by atoms with Crippen LogP contribution >= 0.6 is 0 Å². The third-order valence-corrected chi connectivity index (χ3v) is 5.03. The number of likely N-dealkylation sites (tertiary alicyclic amines) is 1. The van der Waals surface area contributed by atoms with Gasteiger partial charge in [-0.3, -0.25) is 9.59 Å². The maximum Gasteiger partial charge on any atom is 0.267 e. The minimum absolute atomic E-state index is 0.242. The van der Waals surface area contributed by atoms with Crippen molar-refractivity contribution in [1.29, 1.82) is 0 Å². The number of nitrogens with zero attached hydrogens (tertiary/aromatic N) is 4. The van der Waals surface area contributed by atoms with Crippen LogP contribution in [0, 0.1) is 11.8 Å². The summed E-state index contributed by atoms with van der Waals surface area (Å²) < 4.78 is 0. The van der Waals surface area contributed by atoms with Crippen LogP contribution in [0.5, 0.6) is 0 Å². The number of aromatic nitrogens is 3. The molecule has 2 N–H and O–H groups in total. The summed E-state index contributed by atoms with van der Waals surface area (Å²) >= 11 is 0. The Labute approximate surface area is 180 Å². The maximum atomic E-state index is 12.1. The lowest BCUT2D eigenvalue weighted by molar-refractivity contribution is -0.137. The molecule has 0 radical (unpaired) electrons. The van der Waals surface area contributed by atoms with Gasteiger partial charge in [0.1, 0.15) is 5.52 Å². The highest BCUT2D eigenvalue weighted by Gasteiger charge is 2.42. The Morgan fingerprint density at radius 3 is 2.77 bits per heavy atom. The van der Waals surface area contributed by atoms with Crippen LogP contribution in [0.2, 0.25) is 0 Å². The standard InChI is InChI=1S/C22H20BN5O3/c1-13(29)24-19-18-17(26-21(23)27-19)7-6-16(25-18)15-5-3-4-14(12-15)8-9-22(31)10-11-28(2)20(22)30/h3-7,12,31H,10-11,23H2,1-2H3,(H,24,26,27,29)/t22-/m0/s1. The summed E-state index contributed by atoms with van der Waals surface area (Å²) in [6.07, 6.45) is 0.284. The summed E-state index contributed by atoms with van der Waals surface area (Å²) in [5.74, 6) is 5.38. The molecule has 4 rings (SSSR count). The average molecular weight is 413 g/mol. The second kappa shape index (κ2) is 7.82. The predicted molar refractivity (Wildman–Crippen MR) is 119 cm³/mol. The van der Waals surface area contributed by atoms with Crippen LogP contribution in [-0.2, 0) is 9.59 Å². The third-order valence-electron chi connectivity index (χ3n) is 5.03. The molecule has 2 amide bonds. The smallest absolute Gasteiger partial charge is 0.267 e. The molecule has 1 atom stereocenters. The Hall–Kier alpha value is -3.77. The molecule has 1 aliphatic heterocycles. The molecule has 1 fully saturated rings. The number of carbonyl (C=O) groups excluding carboxylic acids is 2. The largest absolute Gasteiger partial charge is 0.369 e. The zero-order chi connectivity index (χ0) is 22.2. The summed E-state index contributed by atoms with van der Waals surface area (Å²) in [6, 6.07) is 11.0. The van der Waals surface area contributed by atoms with Crippen LogP contribution in [0.4, 0.5) is 5.82 Å². The van der Waals surface area contributed by atoms with Gasteiger partial charge in [-0.05, 0) is 24.3 Å². The molecule has 0 saturated carbocycles. The first kappa shape index (κ1) is 20.5. The van der Waals surface area contributed by atoms with Gasteiger partial charge in [0.25, 0.3) is 5.91 Å². The van der Waals surface area contributed by atoms with Crippen molar-refractivity contribution >= 4 is 42.2 Å². The van der Waals surface area contributed by atoms with E-state index >= 15 is 0 Å². The van der Waals surface area contributed by atoms with Crippen LogP contribution in [0.25, 0.3) is 22.3 Å². The summed E-state index contributed by atoms with van der Waals surface area (Å²) in [4.78, 5) is 38.5. The molecule has 0 spiro atoms. The Morgan fingerprint density at radius 1 is 1.26 bits per heavy atom. The molecule has 0 aliphatic carbocycles. The van der Waals surface area contributed by atoms with Gasteiger partial charge >= 0.3 is 0 Å². The average Bonchev–Trinajstić information content (AvgIpc) is 3.00. The predicted octanol–water partition coefficient (Wildman–Crippen LogP) is -0.147. The van der Waals surface area contributed by atoms with E-state index in [0.717, 1.165) is 5.56 Å². The first-order valence-corrected chi connectivity index (χ1v) is 9.80. The maximum absolute atomic E-state index is 12.1. The van der Waals surface area contributed by atoms with Gasteiger partial charge in [0.2, 0.25) is 11.5 Å². The molecule has 3 aromatic rings. The van der Waals surface area contributed by atoms with Gasteiger partial charge in [-0.25, -0.2) is 15.0 Å². The lowest BCUT2D eigenvalue weighted by Crippen LogP contribution is -2.37. The molecule has 9 heteroatoms. The van der Waals surface area contributed by atoms with Crippen molar-refractivity contribution in [2.45, 2.75) is 18.9 Å². The molecular weight excluding hydrogens is 393 g/mol. The quantitative estimate of drug-likeness (QED) is 0.447. The second-order valence-electron chi connectivity index (χ2n) is 7.53. The van der Waals surface area contributed by atoms with Crippen LogP contribution < -0.4 is 11.0 Å². The van der Waals surface area contributed by atoms with Gasteiger partial charge < -0.3 is 15.3 Å². The van der Waals surface area contributed by atoms with Crippen molar-refractivity contribution in [2.24, 2.45) is 0 Å². The van der Waals surface area contributed by atoms with Crippen molar-refractivity contribution in [3.05, 3.63) is 42.0 Å². The van der Waals surface area contributed by atoms with E-state index in [2.05, 4.69) is 32.1 Å². The van der Waals surface area contributed by atoms with Crippen molar-refractivity contribution < 1.29 is 14.7 Å². The Balaban J connectivity index is 1.71. The summed E-state index contributed by atoms with van der Waals surface area (Å²) in [6.45, 7) is 1.89. The van der Waals surface area contributed by atoms with Gasteiger partial charge in [0.15, 0.2) is 13.7 Å². The van der Waals surface area contributed by atoms with E-state index in [1.165, 1.54) is 11.8 Å². The van der Waals surface area contributed by atoms with Gasteiger partial charge in [0.05, 0.1) is 16.9 Å². The van der Waals surface area contributed by atoms with E-state index in [4.69, 9.17) is 0 Å². The fraction of sp³-hybridized carbons (Fsp3) is 0.227. The van der Waals surface area contributed by atoms with E-state index in [0.29, 0.717) is 40.4 Å². The topological polar surface area (TPSA) is 108 Å². The Morgan fingerprint density at radius 2 is 2.06 bits per heavy atom. The first-order valence-electron chi connectivity index (χ1n) is 9.80. The first-order chi connectivity index (χ1) is 14.7. The number of hydrogen-bond acceptors (Lipinski definition) is 6. The zero-order valence-electron chi connectivity index (χ0n) is 17.4. The van der Waals surface area contributed by atoms with Gasteiger partial charge in [-0.2, -0.15) is 0 Å². The summed E-state index contributed by atoms with van der Waals surface area (Å²) in [7, 11) is 3.40. The monoisotopic (exact) mass is 413 g/mol. The van der Waals surface area contributed by atoms with Crippen LogP contribution in [0.15, 0.2) is 36.4 Å². The minimum atomic E-state index is -1.64. The molecule has 8 nitrogen and oxygen atoms in total. The highest BCUT2D eigenvalue weighted by molar-refractivity contribution is 6.29. The fourth-order valence-electron chi connectivity index (χ4n) is 3.45. The van der Waals surface area contributed by atoms with Crippen molar-refractivity contribution in [3.63, 3.8) is 0 Å². The number of fused-ring (bicyclic) bond motifs is 1. The van der Waals surface area contributed by atoms with Gasteiger partial charge in [-0.1, -0.05) is 24.0 Å². The highest BCUT2D eigenvalue weighted by Crippen LogP contribution is 2.24. The highest BCUT2D eigenvalue weighted by atomic mass is 16.3. The lowest BCUT2D eigenvalue weighted by Gasteiger charge is -2.13. The molecule has 3 heterocycles. The van der Waals surface area contributed by atoms with Crippen LogP contribution in [0.3, 0.4) is 0 Å². The molecule has 1 aromatic carbocycles. The van der Waals surface area contributed by atoms with E-state index in [1.807, 2.05) is 30.3 Å². The fourth-order valence-corrected chi connectivity index (χ4v) is 3.45. The number of anilines is 1. The number of benzene rings is 1. The molecule has 0 unspecified atom stereocenters. The summed E-state index contributed by atoms with van der Waals surface area (Å²) in [5.41, 5.74) is 2.11. The van der Waals surface area contributed by atoms with E-state index in [1.54, 1.807) is 21.0 Å². The molecule has 1 aliphatic rings. The minimum Gasteiger partial charge on any atom is -0.369 e. The summed E-state index contributed by atoms with van der Waals surface area (Å²) in [5, 5.41) is 13.2. The Bertz CT molecular complexity index is 1280. The number of likely N-dealkylation sites (N-methyl/N-ethyl adjacent to an activating group) is 1. The van der Waals surface area contributed by atoms with E-state index in [-0.39, 0.29) is 18.2 Å². The number of hydrogen-bond donors (Lipinski definition) is 2. The van der Waals surface area contributed by atoms with E-state index < -0.39 is 5.60 Å². The van der Waals surface area contributed by atoms with Crippen molar-refractivity contribution in [2.75, 3.05) is 18.9 Å². The SMILES string of the molecule is Bc1nc(NC(C)=O)c2nc(-c3cccc(C#C[C@]4(O)CCN(C)C4=O)c3)ccc2n1. The van der Waals surface area contributed by atoms with Crippen molar-refractivity contribution in [1.82, 2.24) is 19.9 Å². The van der Waals surface area contributed by atoms with Crippen LogP contribution in [-0.4, -0.2) is 63.8 Å². The molecule has 31 heavy (non-hydrogen) atoms. The normalized spacial score (nSPS) is 18.0. The van der Waals surface area contributed by atoms with E-state index in [9.17, 15) is 14.7 Å². The number of carbonyl (C=O) groups is 2. The van der Waals surface area contributed by atoms with Crippen molar-refractivity contribution in [3.8, 4) is 23.1 Å². The van der Waals surface area contributed by atoms with Gasteiger partial charge in [0, 0.05) is 38.1 Å². The zero-order valence-corrected chi connectivity index (χ0v) is 17.4. The number of nitrogens with one attached hydrogen (secondary N) is 1. The molecule has 154 valence electrons. The third kappa shape index (κ3) is 4.11.